The molecule has 0 radical (unpaired) electrons. The Morgan fingerprint density at radius 1 is 1.29 bits per heavy atom. The predicted octanol–water partition coefficient (Wildman–Crippen LogP) is 2.98. The largest absolute Gasteiger partial charge is 0.324 e. The van der Waals surface area contributed by atoms with Crippen molar-refractivity contribution in [3.63, 3.8) is 0 Å². The summed E-state index contributed by atoms with van der Waals surface area (Å²) < 4.78 is 1.93. The van der Waals surface area contributed by atoms with Crippen LogP contribution in [0.15, 0.2) is 36.7 Å². The highest BCUT2D eigenvalue weighted by molar-refractivity contribution is 5.62. The number of hydrogen-bond acceptors (Lipinski definition) is 2. The van der Waals surface area contributed by atoms with E-state index in [9.17, 15) is 0 Å². The summed E-state index contributed by atoms with van der Waals surface area (Å²) in [6.45, 7) is 5.08. The van der Waals surface area contributed by atoms with Gasteiger partial charge in [0.15, 0.2) is 0 Å². The second kappa shape index (κ2) is 5.15. The van der Waals surface area contributed by atoms with Crippen molar-refractivity contribution in [2.45, 2.75) is 32.9 Å². The van der Waals surface area contributed by atoms with E-state index in [2.05, 4.69) is 49.4 Å². The van der Waals surface area contributed by atoms with Crippen LogP contribution in [0.25, 0.3) is 11.1 Å². The maximum Gasteiger partial charge on any atom is 0.0568 e. The Morgan fingerprint density at radius 2 is 2.12 bits per heavy atom. The predicted molar refractivity (Wildman–Crippen MR) is 70.6 cm³/mol. The van der Waals surface area contributed by atoms with E-state index in [0.717, 1.165) is 18.5 Å². The molecule has 0 saturated heterocycles. The van der Waals surface area contributed by atoms with Gasteiger partial charge in [0.25, 0.3) is 0 Å². The lowest BCUT2D eigenvalue weighted by Gasteiger charge is -2.10. The minimum absolute atomic E-state index is 0.121. The SMILES string of the molecule is CCC(N)c1cccc(-c2cnn(CC)c2)c1. The van der Waals surface area contributed by atoms with Gasteiger partial charge in [-0.25, -0.2) is 0 Å². The van der Waals surface area contributed by atoms with Gasteiger partial charge in [0.1, 0.15) is 0 Å². The molecule has 2 aromatic rings. The van der Waals surface area contributed by atoms with E-state index in [-0.39, 0.29) is 6.04 Å². The maximum atomic E-state index is 6.05. The van der Waals surface area contributed by atoms with Gasteiger partial charge < -0.3 is 5.73 Å². The zero-order valence-electron chi connectivity index (χ0n) is 10.4. The molecule has 0 amide bonds. The standard InChI is InChI=1S/C14H19N3/c1-3-14(15)12-7-5-6-11(8-12)13-9-16-17(4-2)10-13/h5-10,14H,3-4,15H2,1-2H3. The molecule has 3 heteroatoms. The summed E-state index contributed by atoms with van der Waals surface area (Å²) in [4.78, 5) is 0. The molecule has 1 heterocycles. The van der Waals surface area contributed by atoms with Crippen molar-refractivity contribution in [2.75, 3.05) is 0 Å². The highest BCUT2D eigenvalue weighted by Gasteiger charge is 2.06. The topological polar surface area (TPSA) is 43.8 Å². The van der Waals surface area contributed by atoms with Crippen LogP contribution in [0.1, 0.15) is 31.9 Å². The van der Waals surface area contributed by atoms with Gasteiger partial charge in [0.05, 0.1) is 6.20 Å². The molecule has 0 fully saturated rings. The Bertz CT molecular complexity index is 488. The van der Waals surface area contributed by atoms with E-state index >= 15 is 0 Å². The first-order valence-corrected chi connectivity index (χ1v) is 6.13. The first-order valence-electron chi connectivity index (χ1n) is 6.13. The fourth-order valence-corrected chi connectivity index (χ4v) is 1.87. The van der Waals surface area contributed by atoms with E-state index < -0.39 is 0 Å². The van der Waals surface area contributed by atoms with Gasteiger partial charge in [-0.2, -0.15) is 5.10 Å². The average Bonchev–Trinajstić information content (AvgIpc) is 2.86. The van der Waals surface area contributed by atoms with Crippen molar-refractivity contribution < 1.29 is 0 Å². The number of aryl methyl sites for hydroxylation is 1. The number of aromatic nitrogens is 2. The smallest absolute Gasteiger partial charge is 0.0568 e. The molecule has 1 aromatic heterocycles. The Balaban J connectivity index is 2.32. The van der Waals surface area contributed by atoms with Crippen LogP contribution in [-0.4, -0.2) is 9.78 Å². The van der Waals surface area contributed by atoms with Crippen LogP contribution in [0, 0.1) is 0 Å². The minimum atomic E-state index is 0.121. The fourth-order valence-electron chi connectivity index (χ4n) is 1.87. The highest BCUT2D eigenvalue weighted by Crippen LogP contribution is 2.23. The number of hydrogen-bond donors (Lipinski definition) is 1. The van der Waals surface area contributed by atoms with Crippen molar-refractivity contribution in [1.82, 2.24) is 9.78 Å². The van der Waals surface area contributed by atoms with Crippen LogP contribution < -0.4 is 5.73 Å². The monoisotopic (exact) mass is 229 g/mol. The Kier molecular flexibility index (Phi) is 3.59. The average molecular weight is 229 g/mol. The van der Waals surface area contributed by atoms with E-state index in [1.807, 2.05) is 10.9 Å². The van der Waals surface area contributed by atoms with E-state index in [4.69, 9.17) is 5.73 Å². The first kappa shape index (κ1) is 11.9. The molecule has 90 valence electrons. The summed E-state index contributed by atoms with van der Waals surface area (Å²) in [5, 5.41) is 4.29. The minimum Gasteiger partial charge on any atom is -0.324 e. The van der Waals surface area contributed by atoms with Gasteiger partial charge in [-0.05, 0) is 30.5 Å². The molecule has 2 N–H and O–H groups in total. The van der Waals surface area contributed by atoms with Crippen LogP contribution in [0.2, 0.25) is 0 Å². The van der Waals surface area contributed by atoms with Gasteiger partial charge in [0.2, 0.25) is 0 Å². The number of nitrogens with two attached hydrogens (primary N) is 1. The summed E-state index contributed by atoms with van der Waals surface area (Å²) in [5.74, 6) is 0. The number of rotatable bonds is 4. The molecule has 0 aliphatic heterocycles. The molecule has 1 atom stereocenters. The third-order valence-corrected chi connectivity index (χ3v) is 3.05. The second-order valence-corrected chi connectivity index (χ2v) is 4.22. The zero-order valence-corrected chi connectivity index (χ0v) is 10.4. The van der Waals surface area contributed by atoms with E-state index in [0.29, 0.717) is 0 Å². The summed E-state index contributed by atoms with van der Waals surface area (Å²) >= 11 is 0. The Labute approximate surface area is 102 Å². The lowest BCUT2D eigenvalue weighted by molar-refractivity contribution is 0.660. The van der Waals surface area contributed by atoms with Crippen LogP contribution >= 0.6 is 0 Å². The van der Waals surface area contributed by atoms with Gasteiger partial charge in [-0.15, -0.1) is 0 Å². The molecule has 1 aromatic carbocycles. The lowest BCUT2D eigenvalue weighted by atomic mass is 10.0. The fraction of sp³-hybridized carbons (Fsp3) is 0.357. The van der Waals surface area contributed by atoms with Gasteiger partial charge in [-0.3, -0.25) is 4.68 Å². The van der Waals surface area contributed by atoms with Crippen molar-refractivity contribution in [2.24, 2.45) is 5.73 Å². The highest BCUT2D eigenvalue weighted by atomic mass is 15.3. The van der Waals surface area contributed by atoms with Gasteiger partial charge >= 0.3 is 0 Å². The zero-order chi connectivity index (χ0) is 12.3. The molecule has 2 rings (SSSR count). The summed E-state index contributed by atoms with van der Waals surface area (Å²) in [6, 6.07) is 8.52. The van der Waals surface area contributed by atoms with Crippen LogP contribution in [0.4, 0.5) is 0 Å². The van der Waals surface area contributed by atoms with Crippen molar-refractivity contribution >= 4 is 0 Å². The maximum absolute atomic E-state index is 6.05. The quantitative estimate of drug-likeness (QED) is 0.876. The Morgan fingerprint density at radius 3 is 2.76 bits per heavy atom. The second-order valence-electron chi connectivity index (χ2n) is 4.22. The molecule has 0 spiro atoms. The van der Waals surface area contributed by atoms with Crippen molar-refractivity contribution in [3.8, 4) is 11.1 Å². The molecule has 0 aliphatic rings. The van der Waals surface area contributed by atoms with Gasteiger partial charge in [-0.1, -0.05) is 25.1 Å². The van der Waals surface area contributed by atoms with E-state index in [1.165, 1.54) is 11.1 Å². The van der Waals surface area contributed by atoms with Crippen LogP contribution in [0.5, 0.6) is 0 Å². The number of nitrogens with zero attached hydrogens (tertiary/aromatic N) is 2. The molecule has 0 aliphatic carbocycles. The summed E-state index contributed by atoms with van der Waals surface area (Å²) in [5.41, 5.74) is 9.58. The molecule has 0 bridgehead atoms. The molecule has 3 nitrogen and oxygen atoms in total. The molecule has 17 heavy (non-hydrogen) atoms. The summed E-state index contributed by atoms with van der Waals surface area (Å²) in [7, 11) is 0. The molecular weight excluding hydrogens is 210 g/mol. The van der Waals surface area contributed by atoms with Crippen molar-refractivity contribution in [1.29, 1.82) is 0 Å². The third kappa shape index (κ3) is 2.56. The van der Waals surface area contributed by atoms with Crippen LogP contribution in [-0.2, 0) is 6.54 Å². The van der Waals surface area contributed by atoms with Crippen LogP contribution in [0.3, 0.4) is 0 Å². The molecular formula is C14H19N3. The van der Waals surface area contributed by atoms with E-state index in [1.54, 1.807) is 0 Å². The molecule has 1 unspecified atom stereocenters. The third-order valence-electron chi connectivity index (χ3n) is 3.05. The number of benzene rings is 1. The first-order chi connectivity index (χ1) is 8.24. The van der Waals surface area contributed by atoms with Gasteiger partial charge in [0, 0.05) is 24.3 Å². The van der Waals surface area contributed by atoms with Crippen molar-refractivity contribution in [3.05, 3.63) is 42.2 Å². The normalized spacial score (nSPS) is 12.6. The Hall–Kier alpha value is -1.61. The molecule has 0 saturated carbocycles. The lowest BCUT2D eigenvalue weighted by Crippen LogP contribution is -2.08. The summed E-state index contributed by atoms with van der Waals surface area (Å²) in [6.07, 6.45) is 4.92.